The Balaban J connectivity index is 2.05. The van der Waals surface area contributed by atoms with Crippen molar-refractivity contribution in [3.05, 3.63) is 90.6 Å². The summed E-state index contributed by atoms with van der Waals surface area (Å²) in [6.45, 7) is 11.2. The standard InChI is InChI=1S/C22H22N2S/c1-15(2)24(14-17-8-5-4-6-9-17)16(3)18-10-7-11-20-19(18)12-13-21(25)22(20)23/h4-13,25H,1,3,14,23H2,2H3. The lowest BCUT2D eigenvalue weighted by molar-refractivity contribution is 0.487. The topological polar surface area (TPSA) is 29.3 Å². The second-order valence-corrected chi connectivity index (χ2v) is 6.63. The number of nitrogens with two attached hydrogens (primary N) is 1. The molecule has 126 valence electrons. The minimum atomic E-state index is 0.695. The van der Waals surface area contributed by atoms with Gasteiger partial charge in [0, 0.05) is 33.8 Å². The highest BCUT2D eigenvalue weighted by molar-refractivity contribution is 7.80. The van der Waals surface area contributed by atoms with Crippen molar-refractivity contribution in [2.75, 3.05) is 5.73 Å². The SMILES string of the molecule is C=C(C)N(Cc1ccccc1)C(=C)c1cccc2c(N)c(S)ccc12. The van der Waals surface area contributed by atoms with E-state index in [0.29, 0.717) is 5.69 Å². The molecule has 0 atom stereocenters. The van der Waals surface area contributed by atoms with Gasteiger partial charge in [-0.3, -0.25) is 0 Å². The summed E-state index contributed by atoms with van der Waals surface area (Å²) >= 11 is 4.43. The minimum Gasteiger partial charge on any atom is -0.397 e. The number of thiol groups is 1. The summed E-state index contributed by atoms with van der Waals surface area (Å²) in [5.41, 5.74) is 11.0. The van der Waals surface area contributed by atoms with Crippen LogP contribution in [0.4, 0.5) is 5.69 Å². The summed E-state index contributed by atoms with van der Waals surface area (Å²) in [6, 6.07) is 20.4. The lowest BCUT2D eigenvalue weighted by Crippen LogP contribution is -2.18. The molecule has 0 saturated heterocycles. The van der Waals surface area contributed by atoms with Crippen molar-refractivity contribution in [2.24, 2.45) is 0 Å². The molecule has 2 nitrogen and oxygen atoms in total. The van der Waals surface area contributed by atoms with Crippen LogP contribution in [0.2, 0.25) is 0 Å². The van der Waals surface area contributed by atoms with E-state index in [0.717, 1.165) is 39.2 Å². The molecule has 3 aromatic carbocycles. The normalized spacial score (nSPS) is 10.6. The highest BCUT2D eigenvalue weighted by Crippen LogP contribution is 2.34. The fourth-order valence-corrected chi connectivity index (χ4v) is 3.19. The Labute approximate surface area is 154 Å². The third-order valence-corrected chi connectivity index (χ3v) is 4.75. The summed E-state index contributed by atoms with van der Waals surface area (Å²) in [6.07, 6.45) is 0. The maximum Gasteiger partial charge on any atom is 0.0529 e. The van der Waals surface area contributed by atoms with Crippen molar-refractivity contribution in [2.45, 2.75) is 18.4 Å². The Kier molecular flexibility index (Phi) is 4.86. The Morgan fingerprint density at radius 3 is 2.36 bits per heavy atom. The average molecular weight is 346 g/mol. The second-order valence-electron chi connectivity index (χ2n) is 6.15. The van der Waals surface area contributed by atoms with Crippen molar-refractivity contribution in [1.29, 1.82) is 0 Å². The van der Waals surface area contributed by atoms with E-state index >= 15 is 0 Å². The van der Waals surface area contributed by atoms with Gasteiger partial charge in [0.25, 0.3) is 0 Å². The van der Waals surface area contributed by atoms with Gasteiger partial charge in [-0.1, -0.05) is 67.8 Å². The molecule has 3 rings (SSSR count). The Bertz CT molecular complexity index is 945. The number of hydrogen-bond acceptors (Lipinski definition) is 3. The Morgan fingerprint density at radius 2 is 1.68 bits per heavy atom. The van der Waals surface area contributed by atoms with Crippen molar-refractivity contribution in [3.63, 3.8) is 0 Å². The molecule has 0 aromatic heterocycles. The molecular weight excluding hydrogens is 324 g/mol. The van der Waals surface area contributed by atoms with Gasteiger partial charge in [0.2, 0.25) is 0 Å². The quantitative estimate of drug-likeness (QED) is 0.457. The zero-order valence-corrected chi connectivity index (χ0v) is 15.3. The summed E-state index contributed by atoms with van der Waals surface area (Å²) in [7, 11) is 0. The van der Waals surface area contributed by atoms with Crippen LogP contribution in [0, 0.1) is 0 Å². The molecular formula is C22H22N2S. The number of rotatable bonds is 5. The van der Waals surface area contributed by atoms with Gasteiger partial charge in [0.1, 0.15) is 0 Å². The van der Waals surface area contributed by atoms with Crippen molar-refractivity contribution < 1.29 is 0 Å². The largest absolute Gasteiger partial charge is 0.397 e. The van der Waals surface area contributed by atoms with E-state index < -0.39 is 0 Å². The first-order valence-electron chi connectivity index (χ1n) is 8.15. The molecule has 3 heteroatoms. The molecule has 0 saturated carbocycles. The summed E-state index contributed by atoms with van der Waals surface area (Å²) < 4.78 is 0. The predicted molar refractivity (Wildman–Crippen MR) is 111 cm³/mol. The van der Waals surface area contributed by atoms with E-state index in [1.807, 2.05) is 49.4 Å². The first-order valence-corrected chi connectivity index (χ1v) is 8.60. The molecule has 3 aromatic rings. The lowest BCUT2D eigenvalue weighted by Gasteiger charge is -2.28. The number of allylic oxidation sites excluding steroid dienone is 1. The number of hydrogen-bond donors (Lipinski definition) is 2. The minimum absolute atomic E-state index is 0.695. The Morgan fingerprint density at radius 1 is 0.960 bits per heavy atom. The molecule has 25 heavy (non-hydrogen) atoms. The van der Waals surface area contributed by atoms with Gasteiger partial charge in [-0.2, -0.15) is 0 Å². The van der Waals surface area contributed by atoms with Crippen LogP contribution < -0.4 is 5.73 Å². The summed E-state index contributed by atoms with van der Waals surface area (Å²) in [4.78, 5) is 2.92. The highest BCUT2D eigenvalue weighted by atomic mass is 32.1. The first-order chi connectivity index (χ1) is 12.0. The van der Waals surface area contributed by atoms with E-state index in [1.54, 1.807) is 0 Å². The van der Waals surface area contributed by atoms with Crippen LogP contribution in [-0.4, -0.2) is 4.90 Å². The van der Waals surface area contributed by atoms with Crippen LogP contribution in [0.25, 0.3) is 16.5 Å². The van der Waals surface area contributed by atoms with Gasteiger partial charge in [0.05, 0.1) is 5.69 Å². The van der Waals surface area contributed by atoms with E-state index in [4.69, 9.17) is 5.73 Å². The Hall–Kier alpha value is -2.65. The van der Waals surface area contributed by atoms with Crippen molar-refractivity contribution in [1.82, 2.24) is 4.90 Å². The fraction of sp³-hybridized carbons (Fsp3) is 0.0909. The van der Waals surface area contributed by atoms with E-state index in [9.17, 15) is 0 Å². The number of nitrogen functional groups attached to an aromatic ring is 1. The molecule has 0 aliphatic heterocycles. The van der Waals surface area contributed by atoms with Gasteiger partial charge in [0.15, 0.2) is 0 Å². The number of anilines is 1. The van der Waals surface area contributed by atoms with Gasteiger partial charge in [-0.05, 0) is 23.9 Å². The molecule has 0 aliphatic rings. The van der Waals surface area contributed by atoms with Crippen LogP contribution in [0.3, 0.4) is 0 Å². The molecule has 0 unspecified atom stereocenters. The molecule has 0 spiro atoms. The number of benzene rings is 3. The van der Waals surface area contributed by atoms with Gasteiger partial charge < -0.3 is 10.6 Å². The van der Waals surface area contributed by atoms with Crippen molar-refractivity contribution in [3.8, 4) is 0 Å². The summed E-state index contributed by atoms with van der Waals surface area (Å²) in [5.74, 6) is 0. The zero-order chi connectivity index (χ0) is 18.0. The van der Waals surface area contributed by atoms with Gasteiger partial charge in [-0.25, -0.2) is 0 Å². The molecule has 0 radical (unpaired) electrons. The molecule has 0 bridgehead atoms. The fourth-order valence-electron chi connectivity index (χ4n) is 2.99. The van der Waals surface area contributed by atoms with Crippen molar-refractivity contribution >= 4 is 34.8 Å². The van der Waals surface area contributed by atoms with E-state index in [-0.39, 0.29) is 0 Å². The van der Waals surface area contributed by atoms with E-state index in [2.05, 4.69) is 48.9 Å². The second kappa shape index (κ2) is 7.08. The monoisotopic (exact) mass is 346 g/mol. The van der Waals surface area contributed by atoms with Gasteiger partial charge >= 0.3 is 0 Å². The third-order valence-electron chi connectivity index (χ3n) is 4.36. The lowest BCUT2D eigenvalue weighted by atomic mass is 10.00. The predicted octanol–water partition coefficient (Wildman–Crippen LogP) is 5.72. The maximum absolute atomic E-state index is 6.21. The number of nitrogens with zero attached hydrogens (tertiary/aromatic N) is 1. The molecule has 2 N–H and O–H groups in total. The molecule has 0 heterocycles. The maximum atomic E-state index is 6.21. The zero-order valence-electron chi connectivity index (χ0n) is 14.4. The smallest absolute Gasteiger partial charge is 0.0529 e. The molecule has 0 aliphatic carbocycles. The van der Waals surface area contributed by atoms with Crippen LogP contribution in [0.15, 0.2) is 84.4 Å². The first kappa shape index (κ1) is 17.2. The third kappa shape index (κ3) is 3.42. The van der Waals surface area contributed by atoms with Crippen LogP contribution in [0.5, 0.6) is 0 Å². The van der Waals surface area contributed by atoms with Crippen LogP contribution in [-0.2, 0) is 6.54 Å². The van der Waals surface area contributed by atoms with Gasteiger partial charge in [-0.15, -0.1) is 12.6 Å². The average Bonchev–Trinajstić information content (AvgIpc) is 2.62. The molecule has 0 fully saturated rings. The summed E-state index contributed by atoms with van der Waals surface area (Å²) in [5, 5.41) is 2.06. The van der Waals surface area contributed by atoms with Crippen LogP contribution >= 0.6 is 12.6 Å². The number of fused-ring (bicyclic) bond motifs is 1. The van der Waals surface area contributed by atoms with E-state index in [1.165, 1.54) is 5.56 Å². The molecule has 0 amide bonds. The highest BCUT2D eigenvalue weighted by Gasteiger charge is 2.15. The van der Waals surface area contributed by atoms with Crippen LogP contribution in [0.1, 0.15) is 18.1 Å².